The number of hydrogen-bond donors (Lipinski definition) is 1. The molecule has 0 bridgehead atoms. The van der Waals surface area contributed by atoms with E-state index in [4.69, 9.17) is 40.2 Å². The number of hydrogen-bond acceptors (Lipinski definition) is 1. The third-order valence-electron chi connectivity index (χ3n) is 0.786. The summed E-state index contributed by atoms with van der Waals surface area (Å²) in [6, 6.07) is 0. The monoisotopic (exact) mass is 211 g/mol. The minimum atomic E-state index is -1.32. The highest BCUT2D eigenvalue weighted by molar-refractivity contribution is 6.68. The highest BCUT2D eigenvalue weighted by Crippen LogP contribution is 2.27. The number of nitrogens with one attached hydrogen (secondary N) is 1. The molecule has 0 amide bonds. The zero-order valence-corrected chi connectivity index (χ0v) is 8.00. The standard InChI is InChI=1S/C7H8Cl3N/c8-7(9,10)5-3-1-2-4-6-11/h1-3,5-6,11H,4H2/b2-1-,5-3+,11-6?. The Morgan fingerprint density at radius 3 is 2.27 bits per heavy atom. The molecule has 0 aromatic heterocycles. The largest absolute Gasteiger partial charge is 0.313 e. The smallest absolute Gasteiger partial charge is 0.209 e. The summed E-state index contributed by atoms with van der Waals surface area (Å²) in [4.78, 5) is 0. The number of alkyl halides is 3. The van der Waals surface area contributed by atoms with E-state index in [1.807, 2.05) is 0 Å². The van der Waals surface area contributed by atoms with E-state index in [9.17, 15) is 0 Å². The molecule has 0 fully saturated rings. The van der Waals surface area contributed by atoms with Crippen LogP contribution in [-0.4, -0.2) is 10.0 Å². The Labute approximate surface area is 81.1 Å². The molecule has 0 aromatic carbocycles. The quantitative estimate of drug-likeness (QED) is 0.421. The molecule has 0 saturated carbocycles. The lowest BCUT2D eigenvalue weighted by Crippen LogP contribution is -1.92. The molecule has 0 unspecified atom stereocenters. The van der Waals surface area contributed by atoms with Gasteiger partial charge in [-0.05, 0) is 12.3 Å². The number of rotatable bonds is 3. The van der Waals surface area contributed by atoms with Crippen molar-refractivity contribution in [1.82, 2.24) is 0 Å². The maximum atomic E-state index is 6.68. The van der Waals surface area contributed by atoms with Crippen molar-refractivity contribution in [3.8, 4) is 0 Å². The van der Waals surface area contributed by atoms with Crippen molar-refractivity contribution >= 4 is 41.0 Å². The average molecular weight is 213 g/mol. The van der Waals surface area contributed by atoms with E-state index >= 15 is 0 Å². The summed E-state index contributed by atoms with van der Waals surface area (Å²) < 4.78 is -1.32. The first-order valence-electron chi connectivity index (χ1n) is 2.96. The summed E-state index contributed by atoms with van der Waals surface area (Å²) in [6.07, 6.45) is 8.49. The molecule has 0 spiro atoms. The van der Waals surface area contributed by atoms with E-state index < -0.39 is 3.79 Å². The van der Waals surface area contributed by atoms with Crippen LogP contribution in [0.3, 0.4) is 0 Å². The topological polar surface area (TPSA) is 23.9 Å². The zero-order chi connectivity index (χ0) is 8.74. The first-order chi connectivity index (χ1) is 5.06. The minimum absolute atomic E-state index is 0.601. The van der Waals surface area contributed by atoms with Crippen LogP contribution in [0.1, 0.15) is 6.42 Å². The van der Waals surface area contributed by atoms with Crippen LogP contribution < -0.4 is 0 Å². The van der Waals surface area contributed by atoms with E-state index in [0.29, 0.717) is 6.42 Å². The summed E-state index contributed by atoms with van der Waals surface area (Å²) in [5, 5.41) is 6.68. The van der Waals surface area contributed by atoms with Gasteiger partial charge in [0.25, 0.3) is 0 Å². The van der Waals surface area contributed by atoms with Gasteiger partial charge in [-0.2, -0.15) is 0 Å². The van der Waals surface area contributed by atoms with E-state index in [-0.39, 0.29) is 0 Å². The molecular formula is C7H8Cl3N. The SMILES string of the molecule is N=CC/C=C\C=C\C(Cl)(Cl)Cl. The lowest BCUT2D eigenvalue weighted by molar-refractivity contribution is 1.42. The predicted molar refractivity (Wildman–Crippen MR) is 52.0 cm³/mol. The van der Waals surface area contributed by atoms with Crippen molar-refractivity contribution in [2.75, 3.05) is 0 Å². The maximum Gasteiger partial charge on any atom is 0.209 e. The second kappa shape index (κ2) is 5.64. The average Bonchev–Trinajstić information content (AvgIpc) is 1.85. The Morgan fingerprint density at radius 2 is 1.82 bits per heavy atom. The molecule has 0 atom stereocenters. The van der Waals surface area contributed by atoms with E-state index in [1.54, 1.807) is 18.2 Å². The van der Waals surface area contributed by atoms with Gasteiger partial charge in [-0.25, -0.2) is 0 Å². The third kappa shape index (κ3) is 10.0. The van der Waals surface area contributed by atoms with Gasteiger partial charge in [0.2, 0.25) is 3.79 Å². The van der Waals surface area contributed by atoms with Crippen molar-refractivity contribution in [2.24, 2.45) is 0 Å². The summed E-state index contributed by atoms with van der Waals surface area (Å²) in [7, 11) is 0. The Kier molecular flexibility index (Phi) is 5.65. The van der Waals surface area contributed by atoms with E-state index in [1.165, 1.54) is 12.3 Å². The molecule has 11 heavy (non-hydrogen) atoms. The maximum absolute atomic E-state index is 6.68. The highest BCUT2D eigenvalue weighted by atomic mass is 35.6. The fourth-order valence-corrected chi connectivity index (χ4v) is 0.608. The molecule has 1 nitrogen and oxygen atoms in total. The van der Waals surface area contributed by atoms with Crippen LogP contribution in [0.25, 0.3) is 0 Å². The fraction of sp³-hybridized carbons (Fsp3) is 0.286. The van der Waals surface area contributed by atoms with E-state index in [0.717, 1.165) is 0 Å². The van der Waals surface area contributed by atoms with Crippen LogP contribution >= 0.6 is 34.8 Å². The molecule has 0 aliphatic rings. The second-order valence-electron chi connectivity index (χ2n) is 1.77. The Balaban J connectivity index is 3.68. The van der Waals surface area contributed by atoms with Gasteiger partial charge in [-0.1, -0.05) is 53.0 Å². The molecule has 0 aliphatic heterocycles. The first kappa shape index (κ1) is 11.0. The first-order valence-corrected chi connectivity index (χ1v) is 4.09. The molecule has 0 radical (unpaired) electrons. The van der Waals surface area contributed by atoms with Crippen LogP contribution in [-0.2, 0) is 0 Å². The second-order valence-corrected chi connectivity index (χ2v) is 4.14. The zero-order valence-electron chi connectivity index (χ0n) is 5.73. The van der Waals surface area contributed by atoms with Crippen molar-refractivity contribution in [3.63, 3.8) is 0 Å². The van der Waals surface area contributed by atoms with Crippen molar-refractivity contribution in [3.05, 3.63) is 24.3 Å². The molecule has 0 aromatic rings. The lowest BCUT2D eigenvalue weighted by Gasteiger charge is -1.99. The van der Waals surface area contributed by atoms with Crippen LogP contribution in [0, 0.1) is 5.41 Å². The molecule has 0 rings (SSSR count). The van der Waals surface area contributed by atoms with Crippen LogP contribution in [0.2, 0.25) is 0 Å². The van der Waals surface area contributed by atoms with E-state index in [2.05, 4.69) is 0 Å². The molecule has 0 heterocycles. The Hall–Kier alpha value is 0.0200. The van der Waals surface area contributed by atoms with Crippen LogP contribution in [0.15, 0.2) is 24.3 Å². The summed E-state index contributed by atoms with van der Waals surface area (Å²) >= 11 is 16.2. The summed E-state index contributed by atoms with van der Waals surface area (Å²) in [6.45, 7) is 0. The van der Waals surface area contributed by atoms with Gasteiger partial charge >= 0.3 is 0 Å². The molecule has 0 aliphatic carbocycles. The third-order valence-corrected chi connectivity index (χ3v) is 1.16. The Bertz CT molecular complexity index is 167. The molecule has 0 saturated heterocycles. The van der Waals surface area contributed by atoms with Gasteiger partial charge in [0.05, 0.1) is 0 Å². The molecule has 4 heteroatoms. The number of halogens is 3. The van der Waals surface area contributed by atoms with Gasteiger partial charge in [-0.15, -0.1) is 0 Å². The van der Waals surface area contributed by atoms with Gasteiger partial charge in [-0.3, -0.25) is 0 Å². The fourth-order valence-electron chi connectivity index (χ4n) is 0.390. The van der Waals surface area contributed by atoms with Gasteiger partial charge in [0.15, 0.2) is 0 Å². The molecule has 62 valence electrons. The predicted octanol–water partition coefficient (Wildman–Crippen LogP) is 3.51. The van der Waals surface area contributed by atoms with Crippen LogP contribution in [0.5, 0.6) is 0 Å². The van der Waals surface area contributed by atoms with Gasteiger partial charge < -0.3 is 5.41 Å². The highest BCUT2D eigenvalue weighted by Gasteiger charge is 2.12. The van der Waals surface area contributed by atoms with Crippen molar-refractivity contribution in [2.45, 2.75) is 10.2 Å². The van der Waals surface area contributed by atoms with Crippen molar-refractivity contribution in [1.29, 1.82) is 5.41 Å². The summed E-state index contributed by atoms with van der Waals surface area (Å²) in [5.74, 6) is 0. The Morgan fingerprint density at radius 1 is 1.18 bits per heavy atom. The van der Waals surface area contributed by atoms with Crippen LogP contribution in [0.4, 0.5) is 0 Å². The van der Waals surface area contributed by atoms with Gasteiger partial charge in [0, 0.05) is 6.42 Å². The van der Waals surface area contributed by atoms with Crippen molar-refractivity contribution < 1.29 is 0 Å². The van der Waals surface area contributed by atoms with Gasteiger partial charge in [0.1, 0.15) is 0 Å². The minimum Gasteiger partial charge on any atom is -0.313 e. The summed E-state index contributed by atoms with van der Waals surface area (Å²) in [5.41, 5.74) is 0. The lowest BCUT2D eigenvalue weighted by atomic mass is 10.4. The normalized spacial score (nSPS) is 13.0. The number of allylic oxidation sites excluding steroid dienone is 4. The molecule has 1 N–H and O–H groups in total. The molecular weight excluding hydrogens is 204 g/mol.